The number of carbonyl (C=O) groups excluding carboxylic acids is 4. The predicted octanol–water partition coefficient (Wildman–Crippen LogP) is -1.04. The van der Waals surface area contributed by atoms with E-state index in [4.69, 9.17) is 5.73 Å². The largest absolute Gasteiger partial charge is 0.345 e. The molecule has 0 spiro atoms. The lowest BCUT2D eigenvalue weighted by Crippen LogP contribution is -2.46. The van der Waals surface area contributed by atoms with E-state index in [1.54, 1.807) is 0 Å². The van der Waals surface area contributed by atoms with Crippen LogP contribution in [0.5, 0.6) is 0 Å². The monoisotopic (exact) mass is 228 g/mol. The lowest BCUT2D eigenvalue weighted by atomic mass is 10.1. The van der Waals surface area contributed by atoms with Crippen LogP contribution in [0.2, 0.25) is 0 Å². The minimum absolute atomic E-state index is 0.202. The zero-order valence-corrected chi connectivity index (χ0v) is 8.93. The number of carbonyl (C=O) groups is 4. The molecule has 0 aliphatic carbocycles. The van der Waals surface area contributed by atoms with Crippen LogP contribution in [0.4, 0.5) is 0 Å². The Morgan fingerprint density at radius 3 is 2.19 bits per heavy atom. The molecule has 0 aliphatic rings. The molecule has 0 aromatic rings. The number of nitrogens with one attached hydrogen (secondary N) is 1. The maximum absolute atomic E-state index is 11.4. The fraction of sp³-hybridized carbons (Fsp3) is 0.600. The predicted molar refractivity (Wildman–Crippen MR) is 56.6 cm³/mol. The quantitative estimate of drug-likeness (QED) is 0.490. The van der Waals surface area contributed by atoms with Crippen LogP contribution in [0.1, 0.15) is 25.7 Å². The van der Waals surface area contributed by atoms with Gasteiger partial charge in [0.2, 0.25) is 5.91 Å². The summed E-state index contributed by atoms with van der Waals surface area (Å²) >= 11 is 0. The van der Waals surface area contributed by atoms with Gasteiger partial charge in [-0.25, -0.2) is 0 Å². The number of hydrogen-bond donors (Lipinski definition) is 2. The highest BCUT2D eigenvalue weighted by molar-refractivity contribution is 5.84. The van der Waals surface area contributed by atoms with Gasteiger partial charge >= 0.3 is 0 Å². The Kier molecular flexibility index (Phi) is 7.87. The van der Waals surface area contributed by atoms with Crippen LogP contribution >= 0.6 is 0 Å². The summed E-state index contributed by atoms with van der Waals surface area (Å²) in [6.45, 7) is 0. The molecule has 0 aromatic carbocycles. The Hall–Kier alpha value is -1.56. The first-order valence-corrected chi connectivity index (χ1v) is 5.04. The number of nitrogens with two attached hydrogens (primary N) is 1. The minimum atomic E-state index is -0.802. The normalized spacial score (nSPS) is 13.6. The molecule has 0 heterocycles. The van der Waals surface area contributed by atoms with Gasteiger partial charge in [-0.05, 0) is 12.8 Å². The van der Waals surface area contributed by atoms with Crippen molar-refractivity contribution >= 4 is 24.8 Å². The number of amides is 1. The number of aldehydes is 3. The highest BCUT2D eigenvalue weighted by atomic mass is 16.2. The summed E-state index contributed by atoms with van der Waals surface area (Å²) in [5.74, 6) is -0.482. The summed E-state index contributed by atoms with van der Waals surface area (Å²) in [4.78, 5) is 42.1. The molecule has 3 N–H and O–H groups in total. The Labute approximate surface area is 93.6 Å². The van der Waals surface area contributed by atoms with Crippen molar-refractivity contribution < 1.29 is 19.2 Å². The van der Waals surface area contributed by atoms with Gasteiger partial charge in [-0.3, -0.25) is 4.79 Å². The SMILES string of the molecule is N[C@@H](CCC=O)C(=O)N[C@H](C=O)CCC=O. The van der Waals surface area contributed by atoms with Crippen LogP contribution in [0.25, 0.3) is 0 Å². The third kappa shape index (κ3) is 6.02. The van der Waals surface area contributed by atoms with E-state index < -0.39 is 18.0 Å². The third-order valence-electron chi connectivity index (χ3n) is 2.02. The summed E-state index contributed by atoms with van der Waals surface area (Å²) in [6.07, 6.45) is 2.83. The number of rotatable bonds is 9. The van der Waals surface area contributed by atoms with Gasteiger partial charge in [0, 0.05) is 12.8 Å². The fourth-order valence-corrected chi connectivity index (χ4v) is 1.09. The summed E-state index contributed by atoms with van der Waals surface area (Å²) in [5.41, 5.74) is 5.48. The lowest BCUT2D eigenvalue weighted by molar-refractivity contribution is -0.125. The van der Waals surface area contributed by atoms with E-state index in [1.165, 1.54) is 0 Å². The number of hydrogen-bond acceptors (Lipinski definition) is 5. The second-order valence-corrected chi connectivity index (χ2v) is 3.35. The second kappa shape index (κ2) is 8.72. The van der Waals surface area contributed by atoms with E-state index in [9.17, 15) is 19.2 Å². The Morgan fingerprint density at radius 2 is 1.69 bits per heavy atom. The molecule has 6 heteroatoms. The smallest absolute Gasteiger partial charge is 0.237 e. The van der Waals surface area contributed by atoms with Gasteiger partial charge in [0.1, 0.15) is 18.9 Å². The molecular formula is C10H16N2O4. The molecule has 0 aromatic heterocycles. The van der Waals surface area contributed by atoms with Crippen LogP contribution in [-0.4, -0.2) is 36.8 Å². The van der Waals surface area contributed by atoms with Crippen molar-refractivity contribution in [1.82, 2.24) is 5.32 Å². The van der Waals surface area contributed by atoms with E-state index in [0.29, 0.717) is 18.9 Å². The molecule has 0 saturated heterocycles. The molecule has 0 fully saturated rings. The summed E-state index contributed by atoms with van der Waals surface area (Å²) in [6, 6.07) is -1.50. The van der Waals surface area contributed by atoms with E-state index in [-0.39, 0.29) is 25.7 Å². The van der Waals surface area contributed by atoms with E-state index in [0.717, 1.165) is 0 Å². The molecule has 1 amide bonds. The first-order chi connectivity index (χ1) is 7.65. The van der Waals surface area contributed by atoms with Crippen LogP contribution in [-0.2, 0) is 19.2 Å². The lowest BCUT2D eigenvalue weighted by Gasteiger charge is -2.15. The van der Waals surface area contributed by atoms with Gasteiger partial charge in [-0.2, -0.15) is 0 Å². The molecule has 16 heavy (non-hydrogen) atoms. The zero-order valence-electron chi connectivity index (χ0n) is 8.93. The first kappa shape index (κ1) is 14.4. The van der Waals surface area contributed by atoms with Gasteiger partial charge in [-0.1, -0.05) is 0 Å². The Bertz CT molecular complexity index is 255. The first-order valence-electron chi connectivity index (χ1n) is 5.04. The van der Waals surface area contributed by atoms with Crippen molar-refractivity contribution in [3.63, 3.8) is 0 Å². The Balaban J connectivity index is 4.02. The molecule has 6 nitrogen and oxygen atoms in total. The summed E-state index contributed by atoms with van der Waals surface area (Å²) in [7, 11) is 0. The summed E-state index contributed by atoms with van der Waals surface area (Å²) in [5, 5.41) is 2.40. The molecule has 0 rings (SSSR count). The van der Waals surface area contributed by atoms with E-state index >= 15 is 0 Å². The maximum Gasteiger partial charge on any atom is 0.237 e. The fourth-order valence-electron chi connectivity index (χ4n) is 1.09. The van der Waals surface area contributed by atoms with Gasteiger partial charge < -0.3 is 25.4 Å². The van der Waals surface area contributed by atoms with Crippen molar-refractivity contribution in [1.29, 1.82) is 0 Å². The molecule has 0 saturated carbocycles. The highest BCUT2D eigenvalue weighted by Gasteiger charge is 2.16. The van der Waals surface area contributed by atoms with Gasteiger partial charge in [0.15, 0.2) is 0 Å². The van der Waals surface area contributed by atoms with Gasteiger partial charge in [-0.15, -0.1) is 0 Å². The topological polar surface area (TPSA) is 106 Å². The maximum atomic E-state index is 11.4. The zero-order chi connectivity index (χ0) is 12.4. The second-order valence-electron chi connectivity index (χ2n) is 3.35. The molecular weight excluding hydrogens is 212 g/mol. The van der Waals surface area contributed by atoms with Crippen LogP contribution in [0, 0.1) is 0 Å². The molecule has 0 unspecified atom stereocenters. The average molecular weight is 228 g/mol. The van der Waals surface area contributed by atoms with E-state index in [2.05, 4.69) is 5.32 Å². The average Bonchev–Trinajstić information content (AvgIpc) is 2.30. The van der Waals surface area contributed by atoms with Gasteiger partial charge in [0.25, 0.3) is 0 Å². The molecule has 0 aliphatic heterocycles. The van der Waals surface area contributed by atoms with Crippen molar-refractivity contribution in [3.8, 4) is 0 Å². The van der Waals surface area contributed by atoms with Crippen LogP contribution in [0.15, 0.2) is 0 Å². The summed E-state index contributed by atoms with van der Waals surface area (Å²) < 4.78 is 0. The standard InChI is InChI=1S/C10H16N2O4/c11-9(4-2-6-14)10(16)12-8(7-15)3-1-5-13/h5-9H,1-4,11H2,(H,12,16)/t8-,9-/m0/s1. The van der Waals surface area contributed by atoms with E-state index in [1.807, 2.05) is 0 Å². The van der Waals surface area contributed by atoms with Crippen LogP contribution < -0.4 is 11.1 Å². The van der Waals surface area contributed by atoms with Crippen LogP contribution in [0.3, 0.4) is 0 Å². The van der Waals surface area contributed by atoms with Crippen molar-refractivity contribution in [2.45, 2.75) is 37.8 Å². The van der Waals surface area contributed by atoms with Crippen molar-refractivity contribution in [3.05, 3.63) is 0 Å². The Morgan fingerprint density at radius 1 is 1.12 bits per heavy atom. The highest BCUT2D eigenvalue weighted by Crippen LogP contribution is 1.96. The minimum Gasteiger partial charge on any atom is -0.345 e. The molecule has 90 valence electrons. The van der Waals surface area contributed by atoms with Gasteiger partial charge in [0.05, 0.1) is 12.1 Å². The van der Waals surface area contributed by atoms with Crippen molar-refractivity contribution in [2.24, 2.45) is 5.73 Å². The molecule has 0 radical (unpaired) electrons. The van der Waals surface area contributed by atoms with Crippen molar-refractivity contribution in [2.75, 3.05) is 0 Å². The third-order valence-corrected chi connectivity index (χ3v) is 2.02. The molecule has 0 bridgehead atoms. The molecule has 2 atom stereocenters.